The molecule has 0 N–H and O–H groups in total. The van der Waals surface area contributed by atoms with Gasteiger partial charge in [-0.1, -0.05) is 19.1 Å². The van der Waals surface area contributed by atoms with Crippen molar-refractivity contribution in [3.63, 3.8) is 0 Å². The van der Waals surface area contributed by atoms with Crippen LogP contribution in [0.2, 0.25) is 0 Å². The van der Waals surface area contributed by atoms with Gasteiger partial charge in [-0.15, -0.1) is 0 Å². The van der Waals surface area contributed by atoms with Crippen molar-refractivity contribution in [2.24, 2.45) is 0 Å². The lowest BCUT2D eigenvalue weighted by Crippen LogP contribution is -2.49. The first kappa shape index (κ1) is 14.2. The van der Waals surface area contributed by atoms with E-state index in [0.29, 0.717) is 26.2 Å². The molecular weight excluding hydrogens is 253 g/mol. The molecule has 0 radical (unpaired) electrons. The van der Waals surface area contributed by atoms with Gasteiger partial charge in [-0.05, 0) is 24.1 Å². The highest BCUT2D eigenvalue weighted by Gasteiger charge is 2.32. The summed E-state index contributed by atoms with van der Waals surface area (Å²) >= 11 is 0. The number of halogens is 3. The lowest BCUT2D eigenvalue weighted by molar-refractivity contribution is -0.146. The molecule has 1 aliphatic rings. The Hall–Kier alpha value is -1.23. The standard InChI is InChI=1S/C14H19F3N2/c1-2-12-3-5-13(6-4-12)19-9-7-18(8-10-19)11-14(15,16)17/h3-6H,2,7-11H2,1H3. The van der Waals surface area contributed by atoms with Crippen LogP contribution in [-0.2, 0) is 6.42 Å². The lowest BCUT2D eigenvalue weighted by Gasteiger charge is -2.36. The van der Waals surface area contributed by atoms with Crippen molar-refractivity contribution in [1.82, 2.24) is 4.90 Å². The Labute approximate surface area is 111 Å². The highest BCUT2D eigenvalue weighted by atomic mass is 19.4. The van der Waals surface area contributed by atoms with E-state index in [-0.39, 0.29) is 0 Å². The molecule has 2 nitrogen and oxygen atoms in total. The number of hydrogen-bond acceptors (Lipinski definition) is 2. The number of piperazine rings is 1. The number of hydrogen-bond donors (Lipinski definition) is 0. The second-order valence-electron chi connectivity index (χ2n) is 4.90. The lowest BCUT2D eigenvalue weighted by atomic mass is 10.1. The second-order valence-corrected chi connectivity index (χ2v) is 4.90. The van der Waals surface area contributed by atoms with Crippen LogP contribution in [0.25, 0.3) is 0 Å². The molecule has 19 heavy (non-hydrogen) atoms. The molecule has 0 unspecified atom stereocenters. The third kappa shape index (κ3) is 4.13. The number of rotatable bonds is 3. The molecule has 1 aliphatic heterocycles. The van der Waals surface area contributed by atoms with Crippen LogP contribution in [-0.4, -0.2) is 43.8 Å². The smallest absolute Gasteiger partial charge is 0.369 e. The Bertz CT molecular complexity index is 392. The Morgan fingerprint density at radius 1 is 1.00 bits per heavy atom. The van der Waals surface area contributed by atoms with Gasteiger partial charge in [-0.3, -0.25) is 4.90 Å². The predicted octanol–water partition coefficient (Wildman–Crippen LogP) is 2.93. The fraction of sp³-hybridized carbons (Fsp3) is 0.571. The molecule has 0 aromatic heterocycles. The molecule has 1 aromatic carbocycles. The molecule has 2 rings (SSSR count). The van der Waals surface area contributed by atoms with Gasteiger partial charge in [0.05, 0.1) is 6.54 Å². The maximum atomic E-state index is 12.3. The SMILES string of the molecule is CCc1ccc(N2CCN(CC(F)(F)F)CC2)cc1. The Balaban J connectivity index is 1.88. The van der Waals surface area contributed by atoms with Gasteiger partial charge in [0, 0.05) is 31.9 Å². The van der Waals surface area contributed by atoms with Gasteiger partial charge in [-0.2, -0.15) is 13.2 Å². The summed E-state index contributed by atoms with van der Waals surface area (Å²) < 4.78 is 36.9. The molecule has 0 amide bonds. The van der Waals surface area contributed by atoms with E-state index in [2.05, 4.69) is 36.1 Å². The summed E-state index contributed by atoms with van der Waals surface area (Å²) in [6, 6.07) is 8.27. The Kier molecular flexibility index (Phi) is 4.34. The molecule has 1 heterocycles. The van der Waals surface area contributed by atoms with Crippen LogP contribution in [0.3, 0.4) is 0 Å². The fourth-order valence-corrected chi connectivity index (χ4v) is 2.36. The molecule has 0 aliphatic carbocycles. The van der Waals surface area contributed by atoms with Gasteiger partial charge in [0.25, 0.3) is 0 Å². The zero-order chi connectivity index (χ0) is 13.9. The minimum absolute atomic E-state index is 0.467. The number of benzene rings is 1. The van der Waals surface area contributed by atoms with E-state index < -0.39 is 12.7 Å². The third-order valence-electron chi connectivity index (χ3n) is 3.48. The molecule has 0 saturated carbocycles. The maximum Gasteiger partial charge on any atom is 0.401 e. The normalized spacial score (nSPS) is 17.8. The number of aryl methyl sites for hydroxylation is 1. The first-order chi connectivity index (χ1) is 8.98. The van der Waals surface area contributed by atoms with Crippen LogP contribution < -0.4 is 4.90 Å². The number of alkyl halides is 3. The van der Waals surface area contributed by atoms with Crippen molar-refractivity contribution in [3.8, 4) is 0 Å². The van der Waals surface area contributed by atoms with Crippen LogP contribution in [0.5, 0.6) is 0 Å². The largest absolute Gasteiger partial charge is 0.401 e. The summed E-state index contributed by atoms with van der Waals surface area (Å²) in [5.41, 5.74) is 2.38. The maximum absolute atomic E-state index is 12.3. The number of anilines is 1. The monoisotopic (exact) mass is 272 g/mol. The number of nitrogens with zero attached hydrogens (tertiary/aromatic N) is 2. The van der Waals surface area contributed by atoms with Crippen molar-refractivity contribution < 1.29 is 13.2 Å². The summed E-state index contributed by atoms with van der Waals surface area (Å²) in [6.07, 6.45) is -3.09. The van der Waals surface area contributed by atoms with E-state index >= 15 is 0 Å². The Morgan fingerprint density at radius 2 is 1.58 bits per heavy atom. The average molecular weight is 272 g/mol. The first-order valence-corrected chi connectivity index (χ1v) is 6.61. The van der Waals surface area contributed by atoms with Crippen LogP contribution in [0.4, 0.5) is 18.9 Å². The van der Waals surface area contributed by atoms with E-state index in [1.165, 1.54) is 10.5 Å². The summed E-state index contributed by atoms with van der Waals surface area (Å²) in [5, 5.41) is 0. The highest BCUT2D eigenvalue weighted by Crippen LogP contribution is 2.20. The van der Waals surface area contributed by atoms with Crippen molar-refractivity contribution in [2.45, 2.75) is 19.5 Å². The van der Waals surface area contributed by atoms with Gasteiger partial charge in [0.1, 0.15) is 0 Å². The molecule has 1 fully saturated rings. The van der Waals surface area contributed by atoms with Crippen LogP contribution in [0.1, 0.15) is 12.5 Å². The quantitative estimate of drug-likeness (QED) is 0.834. The molecule has 1 saturated heterocycles. The minimum Gasteiger partial charge on any atom is -0.369 e. The van der Waals surface area contributed by atoms with E-state index in [4.69, 9.17) is 0 Å². The molecular formula is C14H19F3N2. The van der Waals surface area contributed by atoms with Gasteiger partial charge >= 0.3 is 6.18 Å². The third-order valence-corrected chi connectivity index (χ3v) is 3.48. The molecule has 106 valence electrons. The summed E-state index contributed by atoms with van der Waals surface area (Å²) in [7, 11) is 0. The van der Waals surface area contributed by atoms with Crippen molar-refractivity contribution in [3.05, 3.63) is 29.8 Å². The molecule has 5 heteroatoms. The molecule has 0 spiro atoms. The molecule has 0 atom stereocenters. The molecule has 0 bridgehead atoms. The zero-order valence-electron chi connectivity index (χ0n) is 11.1. The summed E-state index contributed by atoms with van der Waals surface area (Å²) in [4.78, 5) is 3.61. The highest BCUT2D eigenvalue weighted by molar-refractivity contribution is 5.48. The molecule has 1 aromatic rings. The second kappa shape index (κ2) is 5.82. The Morgan fingerprint density at radius 3 is 2.05 bits per heavy atom. The van der Waals surface area contributed by atoms with E-state index in [1.807, 2.05) is 0 Å². The van der Waals surface area contributed by atoms with Crippen molar-refractivity contribution in [2.75, 3.05) is 37.6 Å². The zero-order valence-corrected chi connectivity index (χ0v) is 11.1. The van der Waals surface area contributed by atoms with E-state index in [1.54, 1.807) is 0 Å². The fourth-order valence-electron chi connectivity index (χ4n) is 2.36. The van der Waals surface area contributed by atoms with Gasteiger partial charge in [0.15, 0.2) is 0 Å². The van der Waals surface area contributed by atoms with Crippen LogP contribution in [0.15, 0.2) is 24.3 Å². The topological polar surface area (TPSA) is 6.48 Å². The van der Waals surface area contributed by atoms with Crippen LogP contribution in [0, 0.1) is 0 Å². The van der Waals surface area contributed by atoms with E-state index in [0.717, 1.165) is 12.1 Å². The van der Waals surface area contributed by atoms with Crippen molar-refractivity contribution in [1.29, 1.82) is 0 Å². The first-order valence-electron chi connectivity index (χ1n) is 6.61. The van der Waals surface area contributed by atoms with E-state index in [9.17, 15) is 13.2 Å². The average Bonchev–Trinajstić information content (AvgIpc) is 2.38. The van der Waals surface area contributed by atoms with Gasteiger partial charge in [-0.25, -0.2) is 0 Å². The summed E-state index contributed by atoms with van der Waals surface area (Å²) in [5.74, 6) is 0. The summed E-state index contributed by atoms with van der Waals surface area (Å²) in [6.45, 7) is 3.55. The minimum atomic E-state index is -4.09. The predicted molar refractivity (Wildman–Crippen MR) is 70.5 cm³/mol. The van der Waals surface area contributed by atoms with Crippen LogP contribution >= 0.6 is 0 Å². The van der Waals surface area contributed by atoms with Crippen molar-refractivity contribution >= 4 is 5.69 Å². The van der Waals surface area contributed by atoms with Gasteiger partial charge < -0.3 is 4.90 Å². The van der Waals surface area contributed by atoms with Gasteiger partial charge in [0.2, 0.25) is 0 Å².